The van der Waals surface area contributed by atoms with Gasteiger partial charge >= 0.3 is 0 Å². The van der Waals surface area contributed by atoms with Crippen molar-refractivity contribution in [1.82, 2.24) is 29.7 Å². The van der Waals surface area contributed by atoms with Crippen LogP contribution in [0.5, 0.6) is 0 Å². The number of para-hydroxylation sites is 1. The van der Waals surface area contributed by atoms with Crippen LogP contribution >= 0.6 is 0 Å². The van der Waals surface area contributed by atoms with Gasteiger partial charge in [0.1, 0.15) is 17.9 Å². The van der Waals surface area contributed by atoms with E-state index in [1.165, 1.54) is 0 Å². The van der Waals surface area contributed by atoms with Gasteiger partial charge in [0, 0.05) is 47.2 Å². The Balaban J connectivity index is 1.16. The molecule has 39 heavy (non-hydrogen) atoms. The summed E-state index contributed by atoms with van der Waals surface area (Å²) in [6, 6.07) is 13.4. The largest absolute Gasteiger partial charge is 0.375 e. The lowest BCUT2D eigenvalue weighted by molar-refractivity contribution is 0.0363. The van der Waals surface area contributed by atoms with Crippen molar-refractivity contribution in [2.24, 2.45) is 0 Å². The van der Waals surface area contributed by atoms with Crippen molar-refractivity contribution in [2.45, 2.75) is 50.7 Å². The molecule has 3 aromatic heterocycles. The average Bonchev–Trinajstić information content (AvgIpc) is 3.74. The second kappa shape index (κ2) is 9.63. The molecule has 2 saturated heterocycles. The number of halogens is 1. The lowest BCUT2D eigenvalue weighted by Gasteiger charge is -2.24. The third-order valence-electron chi connectivity index (χ3n) is 7.91. The number of benzene rings is 1. The first kappa shape index (κ1) is 24.1. The third-order valence-corrected chi connectivity index (χ3v) is 7.91. The average molecular weight is 525 g/mol. The number of hydrogen-bond donors (Lipinski definition) is 2. The summed E-state index contributed by atoms with van der Waals surface area (Å²) in [6.07, 6.45) is 2.40. The topological polar surface area (TPSA) is 88.1 Å². The number of aromatic amines is 1. The van der Waals surface area contributed by atoms with Crippen LogP contribution in [0.2, 0.25) is 0 Å². The minimum Gasteiger partial charge on any atom is -0.375 e. The highest BCUT2D eigenvalue weighted by Crippen LogP contribution is 2.31. The fourth-order valence-corrected chi connectivity index (χ4v) is 6.05. The minimum absolute atomic E-state index is 0.273. The molecule has 0 aliphatic carbocycles. The zero-order chi connectivity index (χ0) is 26.5. The Hall–Kier alpha value is -4.00. The number of carbonyl (C=O) groups is 1. The molecule has 3 aliphatic rings. The van der Waals surface area contributed by atoms with Gasteiger partial charge in [-0.05, 0) is 43.0 Å². The molecular formula is C30H29FN6O2. The van der Waals surface area contributed by atoms with Gasteiger partial charge < -0.3 is 19.6 Å². The van der Waals surface area contributed by atoms with Crippen molar-refractivity contribution in [1.29, 1.82) is 0 Å². The van der Waals surface area contributed by atoms with Crippen LogP contribution in [0.25, 0.3) is 10.9 Å². The van der Waals surface area contributed by atoms with Gasteiger partial charge in [-0.15, -0.1) is 0 Å². The Morgan fingerprint density at radius 1 is 1.28 bits per heavy atom. The van der Waals surface area contributed by atoms with Crippen LogP contribution in [-0.4, -0.2) is 68.3 Å². The van der Waals surface area contributed by atoms with Crippen LogP contribution in [0.4, 0.5) is 4.39 Å². The number of aromatic nitrogens is 4. The molecule has 2 N–H and O–H groups in total. The first-order valence-corrected chi connectivity index (χ1v) is 13.4. The van der Waals surface area contributed by atoms with Crippen LogP contribution in [0.15, 0.2) is 48.8 Å². The van der Waals surface area contributed by atoms with Gasteiger partial charge in [-0.3, -0.25) is 9.69 Å². The van der Waals surface area contributed by atoms with Crippen molar-refractivity contribution < 1.29 is 13.9 Å². The quantitative estimate of drug-likeness (QED) is 0.391. The van der Waals surface area contributed by atoms with Crippen LogP contribution in [0.3, 0.4) is 0 Å². The number of likely N-dealkylation sites (tertiary alicyclic amines) is 1. The normalized spacial score (nSPS) is 22.6. The molecule has 1 aromatic carbocycles. The number of ether oxygens (including phenoxy) is 1. The number of pyridine rings is 1. The number of morpholine rings is 1. The van der Waals surface area contributed by atoms with E-state index in [9.17, 15) is 9.18 Å². The van der Waals surface area contributed by atoms with E-state index in [1.54, 1.807) is 12.4 Å². The van der Waals surface area contributed by atoms with Crippen molar-refractivity contribution in [3.63, 3.8) is 0 Å². The standard InChI is InChI=1S/C30H29FN6O2/c1-18-9-19(5-4-8-36-15-23-13-22(36)16-39-23)10-26(33-18)30(38)35-28(25-11-20-6-2-3-7-24(20)34-25)29-27-12-21(31)14-37(27)17-32-29/h2-3,6-7,9-11,17,21-23,28,34H,8,12-16H2,1H3,(H,35,38)/t21-,22-,23-,28?/m1/s1. The van der Waals surface area contributed by atoms with E-state index >= 15 is 0 Å². The maximum Gasteiger partial charge on any atom is 0.270 e. The van der Waals surface area contributed by atoms with Gasteiger partial charge in [-0.25, -0.2) is 14.4 Å². The molecule has 7 rings (SSSR count). The highest BCUT2D eigenvalue weighted by atomic mass is 19.1. The van der Waals surface area contributed by atoms with Crippen LogP contribution in [0.1, 0.15) is 51.3 Å². The molecule has 2 bridgehead atoms. The summed E-state index contributed by atoms with van der Waals surface area (Å²) >= 11 is 0. The molecule has 1 amide bonds. The summed E-state index contributed by atoms with van der Waals surface area (Å²) in [5.41, 5.74) is 4.93. The van der Waals surface area contributed by atoms with Crippen molar-refractivity contribution in [2.75, 3.05) is 19.7 Å². The molecule has 0 spiro atoms. The van der Waals surface area contributed by atoms with E-state index in [2.05, 4.69) is 37.0 Å². The molecule has 1 unspecified atom stereocenters. The molecule has 0 saturated carbocycles. The first-order valence-electron chi connectivity index (χ1n) is 13.4. The maximum absolute atomic E-state index is 14.2. The number of H-pyrrole nitrogens is 1. The van der Waals surface area contributed by atoms with E-state index in [-0.39, 0.29) is 24.6 Å². The fraction of sp³-hybridized carbons (Fsp3) is 0.367. The number of fused-ring (bicyclic) bond motifs is 4. The Labute approximate surface area is 225 Å². The highest BCUT2D eigenvalue weighted by Gasteiger charge is 2.38. The number of alkyl halides is 1. The molecule has 6 heterocycles. The number of amides is 1. The van der Waals surface area contributed by atoms with Gasteiger partial charge in [0.2, 0.25) is 0 Å². The minimum atomic E-state index is -0.955. The Morgan fingerprint density at radius 2 is 2.18 bits per heavy atom. The van der Waals surface area contributed by atoms with Crippen molar-refractivity contribution in [3.8, 4) is 11.8 Å². The Bertz CT molecular complexity index is 1600. The summed E-state index contributed by atoms with van der Waals surface area (Å²) in [4.78, 5) is 28.5. The lowest BCUT2D eigenvalue weighted by atomic mass is 10.1. The summed E-state index contributed by atoms with van der Waals surface area (Å²) in [5, 5.41) is 4.15. The first-order chi connectivity index (χ1) is 19.0. The Morgan fingerprint density at radius 3 is 3.00 bits per heavy atom. The van der Waals surface area contributed by atoms with Gasteiger partial charge in [0.05, 0.1) is 37.8 Å². The lowest BCUT2D eigenvalue weighted by Crippen LogP contribution is -2.37. The molecule has 3 aliphatic heterocycles. The maximum atomic E-state index is 14.2. The van der Waals surface area contributed by atoms with Gasteiger partial charge in [0.15, 0.2) is 0 Å². The SMILES string of the molecule is Cc1cc(C#CCN2C[C@H]3C[C@@H]2CO3)cc(C(=O)NC(c2cc3ccccc3[nH]2)c2ncn3c2C[C@@H](F)C3)n1. The molecular weight excluding hydrogens is 495 g/mol. The molecule has 8 nitrogen and oxygen atoms in total. The zero-order valence-electron chi connectivity index (χ0n) is 21.7. The molecule has 2 fully saturated rings. The van der Waals surface area contributed by atoms with Crippen molar-refractivity contribution in [3.05, 3.63) is 82.8 Å². The molecule has 4 atom stereocenters. The van der Waals surface area contributed by atoms with E-state index in [0.717, 1.165) is 47.4 Å². The number of nitrogens with one attached hydrogen (secondary N) is 2. The second-order valence-corrected chi connectivity index (χ2v) is 10.7. The number of aryl methyl sites for hydroxylation is 1. The van der Waals surface area contributed by atoms with E-state index in [0.29, 0.717) is 30.1 Å². The van der Waals surface area contributed by atoms with Gasteiger partial charge in [-0.2, -0.15) is 0 Å². The summed E-state index contributed by atoms with van der Waals surface area (Å²) < 4.78 is 21.8. The molecule has 198 valence electrons. The zero-order valence-corrected chi connectivity index (χ0v) is 21.7. The number of imidazole rings is 1. The highest BCUT2D eigenvalue weighted by molar-refractivity contribution is 5.93. The van der Waals surface area contributed by atoms with Crippen LogP contribution in [0, 0.1) is 18.8 Å². The van der Waals surface area contributed by atoms with E-state index in [4.69, 9.17) is 4.74 Å². The number of nitrogens with zero attached hydrogens (tertiary/aromatic N) is 4. The smallest absolute Gasteiger partial charge is 0.270 e. The predicted octanol–water partition coefficient (Wildman–Crippen LogP) is 3.31. The molecule has 9 heteroatoms. The third kappa shape index (κ3) is 4.60. The Kier molecular flexibility index (Phi) is 5.94. The van der Waals surface area contributed by atoms with Gasteiger partial charge in [-0.1, -0.05) is 30.0 Å². The summed E-state index contributed by atoms with van der Waals surface area (Å²) in [5.74, 6) is 6.15. The number of carbonyl (C=O) groups excluding carboxylic acids is 1. The summed E-state index contributed by atoms with van der Waals surface area (Å²) in [7, 11) is 0. The van der Waals surface area contributed by atoms with Crippen molar-refractivity contribution >= 4 is 16.8 Å². The summed E-state index contributed by atoms with van der Waals surface area (Å²) in [6.45, 7) is 4.53. The number of hydrogen-bond acceptors (Lipinski definition) is 5. The fourth-order valence-electron chi connectivity index (χ4n) is 6.05. The van der Waals surface area contributed by atoms with Crippen LogP contribution in [-0.2, 0) is 17.7 Å². The van der Waals surface area contributed by atoms with E-state index < -0.39 is 12.2 Å². The second-order valence-electron chi connectivity index (χ2n) is 10.7. The number of rotatable bonds is 5. The monoisotopic (exact) mass is 524 g/mol. The van der Waals surface area contributed by atoms with Gasteiger partial charge in [0.25, 0.3) is 5.91 Å². The molecule has 4 aromatic rings. The van der Waals surface area contributed by atoms with Crippen LogP contribution < -0.4 is 5.32 Å². The van der Waals surface area contributed by atoms with E-state index in [1.807, 2.05) is 47.9 Å². The molecule has 0 radical (unpaired) electrons. The predicted molar refractivity (Wildman–Crippen MR) is 144 cm³/mol.